The Morgan fingerprint density at radius 2 is 2.00 bits per heavy atom. The van der Waals surface area contributed by atoms with E-state index in [1.807, 2.05) is 4.90 Å². The Hall–Kier alpha value is -0.810. The highest BCUT2D eigenvalue weighted by Gasteiger charge is 2.25. The molecule has 1 unspecified atom stereocenters. The van der Waals surface area contributed by atoms with Gasteiger partial charge in [0.15, 0.2) is 0 Å². The van der Waals surface area contributed by atoms with E-state index in [1.165, 1.54) is 12.8 Å². The summed E-state index contributed by atoms with van der Waals surface area (Å²) in [7, 11) is 0. The normalized spacial score (nSPS) is 23.0. The molecule has 2 aliphatic rings. The molecule has 1 aromatic rings. The van der Waals surface area contributed by atoms with E-state index in [4.69, 9.17) is 23.2 Å². The number of piperazine rings is 1. The van der Waals surface area contributed by atoms with Crippen LogP contribution in [-0.4, -0.2) is 61.5 Å². The molecule has 0 aliphatic carbocycles. The van der Waals surface area contributed by atoms with Gasteiger partial charge in [0.05, 0.1) is 15.6 Å². The Balaban J connectivity index is 1.54. The summed E-state index contributed by atoms with van der Waals surface area (Å²) < 4.78 is 0. The molecule has 126 valence electrons. The first-order valence-electron chi connectivity index (χ1n) is 8.31. The minimum atomic E-state index is -0.0171. The Labute approximate surface area is 147 Å². The maximum absolute atomic E-state index is 12.6. The Bertz CT molecular complexity index is 553. The largest absolute Gasteiger partial charge is 0.336 e. The lowest BCUT2D eigenvalue weighted by molar-refractivity contribution is 0.0610. The van der Waals surface area contributed by atoms with E-state index in [-0.39, 0.29) is 5.91 Å². The highest BCUT2D eigenvalue weighted by Crippen LogP contribution is 2.27. The van der Waals surface area contributed by atoms with Crippen molar-refractivity contribution in [3.05, 3.63) is 33.8 Å². The average Bonchev–Trinajstić information content (AvgIpc) is 2.58. The number of nitrogens with zero attached hydrogens (tertiary/aromatic N) is 2. The fraction of sp³-hybridized carbons (Fsp3) is 0.588. The van der Waals surface area contributed by atoms with Gasteiger partial charge in [-0.2, -0.15) is 0 Å². The van der Waals surface area contributed by atoms with Crippen LogP contribution in [0, 0.1) is 5.92 Å². The molecule has 0 radical (unpaired) electrons. The smallest absolute Gasteiger partial charge is 0.255 e. The lowest BCUT2D eigenvalue weighted by Crippen LogP contribution is -2.50. The van der Waals surface area contributed by atoms with Gasteiger partial charge in [-0.1, -0.05) is 29.3 Å². The van der Waals surface area contributed by atoms with E-state index >= 15 is 0 Å². The molecule has 0 spiro atoms. The minimum absolute atomic E-state index is 0.0171. The number of hydrogen-bond acceptors (Lipinski definition) is 3. The molecule has 6 heteroatoms. The molecule has 0 bridgehead atoms. The summed E-state index contributed by atoms with van der Waals surface area (Å²) in [6.45, 7) is 6.77. The zero-order chi connectivity index (χ0) is 16.2. The summed E-state index contributed by atoms with van der Waals surface area (Å²) in [6.07, 6.45) is 2.58. The molecular weight excluding hydrogens is 333 g/mol. The van der Waals surface area contributed by atoms with Crippen LogP contribution >= 0.6 is 23.2 Å². The van der Waals surface area contributed by atoms with Crippen molar-refractivity contribution >= 4 is 29.1 Å². The Morgan fingerprint density at radius 1 is 1.22 bits per heavy atom. The van der Waals surface area contributed by atoms with Crippen LogP contribution < -0.4 is 5.32 Å². The summed E-state index contributed by atoms with van der Waals surface area (Å²) in [4.78, 5) is 17.0. The van der Waals surface area contributed by atoms with Gasteiger partial charge in [0.1, 0.15) is 0 Å². The minimum Gasteiger partial charge on any atom is -0.336 e. The topological polar surface area (TPSA) is 35.6 Å². The average molecular weight is 356 g/mol. The van der Waals surface area contributed by atoms with Gasteiger partial charge in [-0.15, -0.1) is 0 Å². The molecule has 2 heterocycles. The van der Waals surface area contributed by atoms with Crippen molar-refractivity contribution in [2.45, 2.75) is 12.8 Å². The summed E-state index contributed by atoms with van der Waals surface area (Å²) in [6, 6.07) is 5.22. The second-order valence-corrected chi connectivity index (χ2v) is 7.19. The third-order valence-electron chi connectivity index (χ3n) is 4.76. The lowest BCUT2D eigenvalue weighted by atomic mass is 9.99. The van der Waals surface area contributed by atoms with Gasteiger partial charge in [-0.3, -0.25) is 9.69 Å². The van der Waals surface area contributed by atoms with Crippen LogP contribution in [-0.2, 0) is 0 Å². The van der Waals surface area contributed by atoms with Gasteiger partial charge >= 0.3 is 0 Å². The molecule has 1 N–H and O–H groups in total. The van der Waals surface area contributed by atoms with Gasteiger partial charge in [0, 0.05) is 32.7 Å². The van der Waals surface area contributed by atoms with Gasteiger partial charge in [-0.25, -0.2) is 0 Å². The molecule has 4 nitrogen and oxygen atoms in total. The highest BCUT2D eigenvalue weighted by atomic mass is 35.5. The van der Waals surface area contributed by atoms with Crippen molar-refractivity contribution in [3.63, 3.8) is 0 Å². The SMILES string of the molecule is O=C(c1cccc(Cl)c1Cl)N1CCN(CC2CCCNC2)CC1. The van der Waals surface area contributed by atoms with E-state index in [1.54, 1.807) is 18.2 Å². The molecule has 3 rings (SSSR count). The van der Waals surface area contributed by atoms with Crippen LogP contribution in [0.3, 0.4) is 0 Å². The van der Waals surface area contributed by atoms with Crippen molar-refractivity contribution in [2.75, 3.05) is 45.8 Å². The molecule has 2 saturated heterocycles. The molecular formula is C17H23Cl2N3O. The van der Waals surface area contributed by atoms with Crippen molar-refractivity contribution < 1.29 is 4.79 Å². The van der Waals surface area contributed by atoms with Crippen molar-refractivity contribution in [1.82, 2.24) is 15.1 Å². The maximum Gasteiger partial charge on any atom is 0.255 e. The highest BCUT2D eigenvalue weighted by molar-refractivity contribution is 6.43. The number of halogens is 2. The quantitative estimate of drug-likeness (QED) is 0.905. The third kappa shape index (κ3) is 4.18. The van der Waals surface area contributed by atoms with Crippen LogP contribution in [0.2, 0.25) is 10.0 Å². The first-order valence-corrected chi connectivity index (χ1v) is 9.07. The summed E-state index contributed by atoms with van der Waals surface area (Å²) in [5.41, 5.74) is 0.504. The predicted molar refractivity (Wildman–Crippen MR) is 94.4 cm³/mol. The number of benzene rings is 1. The van der Waals surface area contributed by atoms with Crippen LogP contribution in [0.5, 0.6) is 0 Å². The number of rotatable bonds is 3. The fourth-order valence-corrected chi connectivity index (χ4v) is 3.80. The second kappa shape index (κ2) is 7.84. The van der Waals surface area contributed by atoms with Gasteiger partial charge in [-0.05, 0) is 44.0 Å². The Kier molecular flexibility index (Phi) is 5.81. The molecule has 0 aromatic heterocycles. The molecule has 23 heavy (non-hydrogen) atoms. The van der Waals surface area contributed by atoms with E-state index in [9.17, 15) is 4.79 Å². The number of carbonyl (C=O) groups excluding carboxylic acids is 1. The molecule has 1 amide bonds. The zero-order valence-corrected chi connectivity index (χ0v) is 14.7. The van der Waals surface area contributed by atoms with Gasteiger partial charge in [0.25, 0.3) is 5.91 Å². The molecule has 1 aromatic carbocycles. The zero-order valence-electron chi connectivity index (χ0n) is 13.2. The fourth-order valence-electron chi connectivity index (χ4n) is 3.42. The van der Waals surface area contributed by atoms with E-state index in [0.29, 0.717) is 15.6 Å². The molecule has 2 fully saturated rings. The lowest BCUT2D eigenvalue weighted by Gasteiger charge is -2.37. The van der Waals surface area contributed by atoms with Crippen molar-refractivity contribution in [3.8, 4) is 0 Å². The maximum atomic E-state index is 12.6. The van der Waals surface area contributed by atoms with E-state index < -0.39 is 0 Å². The first-order chi connectivity index (χ1) is 11.1. The van der Waals surface area contributed by atoms with Crippen molar-refractivity contribution in [1.29, 1.82) is 0 Å². The predicted octanol–water partition coefficient (Wildman–Crippen LogP) is 2.75. The number of carbonyl (C=O) groups is 1. The molecule has 0 saturated carbocycles. The standard InChI is InChI=1S/C17H23Cl2N3O/c18-15-5-1-4-14(16(15)19)17(23)22-9-7-21(8-10-22)12-13-3-2-6-20-11-13/h1,4-5,13,20H,2-3,6-12H2. The summed E-state index contributed by atoms with van der Waals surface area (Å²) in [5.74, 6) is 0.727. The van der Waals surface area contributed by atoms with Crippen LogP contribution in [0.25, 0.3) is 0 Å². The van der Waals surface area contributed by atoms with Crippen LogP contribution in [0.1, 0.15) is 23.2 Å². The van der Waals surface area contributed by atoms with E-state index in [0.717, 1.165) is 51.7 Å². The number of nitrogens with one attached hydrogen (secondary N) is 1. The number of amides is 1. The third-order valence-corrected chi connectivity index (χ3v) is 5.58. The van der Waals surface area contributed by atoms with Crippen molar-refractivity contribution in [2.24, 2.45) is 5.92 Å². The molecule has 1 atom stereocenters. The number of piperidine rings is 1. The van der Waals surface area contributed by atoms with E-state index in [2.05, 4.69) is 10.2 Å². The first kappa shape index (κ1) is 17.0. The van der Waals surface area contributed by atoms with Crippen LogP contribution in [0.15, 0.2) is 18.2 Å². The van der Waals surface area contributed by atoms with Gasteiger partial charge in [0.2, 0.25) is 0 Å². The monoisotopic (exact) mass is 355 g/mol. The second-order valence-electron chi connectivity index (χ2n) is 6.41. The van der Waals surface area contributed by atoms with Crippen LogP contribution in [0.4, 0.5) is 0 Å². The Morgan fingerprint density at radius 3 is 2.70 bits per heavy atom. The van der Waals surface area contributed by atoms with Gasteiger partial charge < -0.3 is 10.2 Å². The summed E-state index contributed by atoms with van der Waals surface area (Å²) >= 11 is 12.2. The summed E-state index contributed by atoms with van der Waals surface area (Å²) in [5, 5.41) is 4.25. The molecule has 2 aliphatic heterocycles. The number of hydrogen-bond donors (Lipinski definition) is 1.